The first-order valence-electron chi connectivity index (χ1n) is 3.99. The van der Waals surface area contributed by atoms with E-state index in [0.29, 0.717) is 5.69 Å². The molecule has 76 valence electrons. The van der Waals surface area contributed by atoms with Gasteiger partial charge < -0.3 is 15.6 Å². The fraction of sp³-hybridized carbons (Fsp3) is 0.222. The van der Waals surface area contributed by atoms with E-state index < -0.39 is 11.8 Å². The van der Waals surface area contributed by atoms with E-state index in [1.807, 2.05) is 0 Å². The van der Waals surface area contributed by atoms with Crippen molar-refractivity contribution in [2.45, 2.75) is 6.42 Å². The summed E-state index contributed by atoms with van der Waals surface area (Å²) >= 11 is 0. The Kier molecular flexibility index (Phi) is 3.28. The summed E-state index contributed by atoms with van der Waals surface area (Å²) in [5.74, 6) is -1.56. The number of rotatable bonds is 4. The van der Waals surface area contributed by atoms with Gasteiger partial charge in [-0.1, -0.05) is 0 Å². The van der Waals surface area contributed by atoms with Crippen molar-refractivity contribution in [3.63, 3.8) is 0 Å². The van der Waals surface area contributed by atoms with E-state index in [0.717, 1.165) is 6.07 Å². The van der Waals surface area contributed by atoms with E-state index in [-0.39, 0.29) is 18.8 Å². The Balaban J connectivity index is 2.55. The highest BCUT2D eigenvalue weighted by Gasteiger charge is 2.04. The van der Waals surface area contributed by atoms with Crippen LogP contribution in [0.15, 0.2) is 18.2 Å². The molecule has 0 saturated carbocycles. The quantitative estimate of drug-likeness (QED) is 0.716. The lowest BCUT2D eigenvalue weighted by atomic mass is 10.3. The van der Waals surface area contributed by atoms with Crippen molar-refractivity contribution in [2.24, 2.45) is 0 Å². The van der Waals surface area contributed by atoms with Gasteiger partial charge in [-0.2, -0.15) is 0 Å². The molecule has 0 amide bonds. The average Bonchev–Trinajstić information content (AvgIpc) is 2.08. The van der Waals surface area contributed by atoms with Crippen LogP contribution in [0.3, 0.4) is 0 Å². The van der Waals surface area contributed by atoms with Crippen molar-refractivity contribution in [3.05, 3.63) is 24.0 Å². The second kappa shape index (κ2) is 4.45. The number of nitrogens with two attached hydrogens (primary N) is 1. The van der Waals surface area contributed by atoms with Gasteiger partial charge in [0.25, 0.3) is 0 Å². The summed E-state index contributed by atoms with van der Waals surface area (Å²) in [6.45, 7) is -0.0594. The minimum Gasteiger partial charge on any atom is -0.490 e. The highest BCUT2D eigenvalue weighted by atomic mass is 19.1. The number of carbonyl (C=O) groups is 1. The monoisotopic (exact) mass is 199 g/mol. The van der Waals surface area contributed by atoms with E-state index >= 15 is 0 Å². The molecular weight excluding hydrogens is 189 g/mol. The molecule has 0 unspecified atom stereocenters. The molecule has 0 bridgehead atoms. The minimum absolute atomic E-state index is 0.0143. The van der Waals surface area contributed by atoms with Crippen LogP contribution in [-0.4, -0.2) is 17.7 Å². The molecule has 0 atom stereocenters. The Morgan fingerprint density at radius 3 is 2.86 bits per heavy atom. The number of anilines is 1. The van der Waals surface area contributed by atoms with E-state index in [2.05, 4.69) is 0 Å². The molecule has 0 heterocycles. The zero-order valence-corrected chi connectivity index (χ0v) is 7.37. The molecule has 14 heavy (non-hydrogen) atoms. The van der Waals surface area contributed by atoms with Gasteiger partial charge in [-0.25, -0.2) is 4.39 Å². The number of aliphatic carboxylic acids is 1. The number of benzene rings is 1. The molecule has 0 aliphatic heterocycles. The number of nitrogen functional groups attached to an aromatic ring is 1. The van der Waals surface area contributed by atoms with Gasteiger partial charge >= 0.3 is 5.97 Å². The Morgan fingerprint density at radius 1 is 1.57 bits per heavy atom. The van der Waals surface area contributed by atoms with Crippen molar-refractivity contribution < 1.29 is 19.0 Å². The molecule has 0 radical (unpaired) electrons. The molecule has 5 heteroatoms. The third-order valence-corrected chi connectivity index (χ3v) is 1.53. The third kappa shape index (κ3) is 2.93. The molecule has 1 aromatic rings. The summed E-state index contributed by atoms with van der Waals surface area (Å²) in [5, 5.41) is 8.31. The van der Waals surface area contributed by atoms with Gasteiger partial charge in [0.1, 0.15) is 0 Å². The molecule has 0 aliphatic carbocycles. The molecular formula is C9H10FNO3. The zero-order chi connectivity index (χ0) is 10.6. The van der Waals surface area contributed by atoms with Gasteiger partial charge in [0.2, 0.25) is 0 Å². The van der Waals surface area contributed by atoms with Crippen LogP contribution in [-0.2, 0) is 4.79 Å². The molecule has 0 spiro atoms. The number of halogens is 1. The smallest absolute Gasteiger partial charge is 0.306 e. The first kappa shape index (κ1) is 10.3. The van der Waals surface area contributed by atoms with Gasteiger partial charge in [0, 0.05) is 11.8 Å². The van der Waals surface area contributed by atoms with Crippen LogP contribution in [0.1, 0.15) is 6.42 Å². The molecule has 4 nitrogen and oxygen atoms in total. The maximum Gasteiger partial charge on any atom is 0.306 e. The maximum absolute atomic E-state index is 13.0. The molecule has 0 fully saturated rings. The number of hydrogen-bond donors (Lipinski definition) is 2. The van der Waals surface area contributed by atoms with Gasteiger partial charge in [-0.15, -0.1) is 0 Å². The predicted octanol–water partition coefficient (Wildman–Crippen LogP) is 1.26. The second-order valence-corrected chi connectivity index (χ2v) is 2.68. The van der Waals surface area contributed by atoms with E-state index in [1.54, 1.807) is 0 Å². The van der Waals surface area contributed by atoms with Gasteiger partial charge in [-0.3, -0.25) is 4.79 Å². The lowest BCUT2D eigenvalue weighted by Crippen LogP contribution is -2.05. The van der Waals surface area contributed by atoms with Crippen LogP contribution in [0, 0.1) is 5.82 Å². The van der Waals surface area contributed by atoms with Crippen LogP contribution in [0.2, 0.25) is 0 Å². The Labute approximate surface area is 80.1 Å². The minimum atomic E-state index is -0.985. The van der Waals surface area contributed by atoms with Crippen LogP contribution >= 0.6 is 0 Å². The topological polar surface area (TPSA) is 72.5 Å². The van der Waals surface area contributed by atoms with Crippen LogP contribution in [0.4, 0.5) is 10.1 Å². The van der Waals surface area contributed by atoms with Crippen LogP contribution in [0.25, 0.3) is 0 Å². The predicted molar refractivity (Wildman–Crippen MR) is 48.6 cm³/mol. The fourth-order valence-electron chi connectivity index (χ4n) is 0.882. The fourth-order valence-corrected chi connectivity index (χ4v) is 0.882. The third-order valence-electron chi connectivity index (χ3n) is 1.53. The number of carboxylic acids is 1. The number of ether oxygens (including phenoxy) is 1. The van der Waals surface area contributed by atoms with Crippen molar-refractivity contribution in [3.8, 4) is 5.75 Å². The lowest BCUT2D eigenvalue weighted by Gasteiger charge is -2.05. The van der Waals surface area contributed by atoms with Gasteiger partial charge in [-0.05, 0) is 12.1 Å². The van der Waals surface area contributed by atoms with Gasteiger partial charge in [0.15, 0.2) is 11.6 Å². The summed E-state index contributed by atoms with van der Waals surface area (Å²) < 4.78 is 17.9. The highest BCUT2D eigenvalue weighted by Crippen LogP contribution is 2.19. The van der Waals surface area contributed by atoms with E-state index in [9.17, 15) is 9.18 Å². The number of carboxylic acid groups (broad SMARTS) is 1. The van der Waals surface area contributed by atoms with Crippen molar-refractivity contribution in [1.29, 1.82) is 0 Å². The second-order valence-electron chi connectivity index (χ2n) is 2.68. The summed E-state index contributed by atoms with van der Waals surface area (Å²) in [7, 11) is 0. The zero-order valence-electron chi connectivity index (χ0n) is 7.37. The standard InChI is InChI=1S/C9H10FNO3/c10-7-5-6(11)1-2-8(7)14-4-3-9(12)13/h1-2,5H,3-4,11H2,(H,12,13). The Bertz CT molecular complexity index is 341. The average molecular weight is 199 g/mol. The van der Waals surface area contributed by atoms with E-state index in [1.165, 1.54) is 12.1 Å². The first-order chi connectivity index (χ1) is 6.59. The summed E-state index contributed by atoms with van der Waals surface area (Å²) in [6.07, 6.45) is -0.163. The van der Waals surface area contributed by atoms with Crippen molar-refractivity contribution in [1.82, 2.24) is 0 Å². The van der Waals surface area contributed by atoms with Gasteiger partial charge in [0.05, 0.1) is 13.0 Å². The summed E-state index contributed by atoms with van der Waals surface area (Å²) in [6, 6.07) is 3.97. The summed E-state index contributed by atoms with van der Waals surface area (Å²) in [4.78, 5) is 10.1. The molecule has 0 saturated heterocycles. The molecule has 1 aromatic carbocycles. The Hall–Kier alpha value is -1.78. The molecule has 3 N–H and O–H groups in total. The summed E-state index contributed by atoms with van der Waals surface area (Å²) in [5.41, 5.74) is 5.61. The Morgan fingerprint density at radius 2 is 2.29 bits per heavy atom. The lowest BCUT2D eigenvalue weighted by molar-refractivity contribution is -0.137. The SMILES string of the molecule is Nc1ccc(OCCC(=O)O)c(F)c1. The van der Waals surface area contributed by atoms with Crippen LogP contribution < -0.4 is 10.5 Å². The van der Waals surface area contributed by atoms with Crippen molar-refractivity contribution in [2.75, 3.05) is 12.3 Å². The highest BCUT2D eigenvalue weighted by molar-refractivity contribution is 5.66. The largest absolute Gasteiger partial charge is 0.490 e. The normalized spacial score (nSPS) is 9.79. The van der Waals surface area contributed by atoms with E-state index in [4.69, 9.17) is 15.6 Å². The van der Waals surface area contributed by atoms with Crippen LogP contribution in [0.5, 0.6) is 5.75 Å². The maximum atomic E-state index is 13.0. The molecule has 0 aliphatic rings. The number of hydrogen-bond acceptors (Lipinski definition) is 3. The molecule has 1 rings (SSSR count). The van der Waals surface area contributed by atoms with Crippen molar-refractivity contribution >= 4 is 11.7 Å². The molecule has 0 aromatic heterocycles. The first-order valence-corrected chi connectivity index (χ1v) is 3.99.